The number of likely N-dealkylation sites (N-methyl/N-ethyl adjacent to an activating group) is 1. The van der Waals surface area contributed by atoms with Crippen LogP contribution in [0.5, 0.6) is 5.75 Å². The molecule has 0 spiro atoms. The Kier molecular flexibility index (Phi) is 6.98. The number of aromatic nitrogens is 1. The number of carbonyl (C=O) groups excluding carboxylic acids is 1. The van der Waals surface area contributed by atoms with Gasteiger partial charge in [0.15, 0.2) is 0 Å². The second-order valence-electron chi connectivity index (χ2n) is 8.04. The standard InChI is InChI=1S/C22H29N3O5S/c1-15-12-25(16(2)14-26)31(28,29)22-6-5-19(18-7-9-23-10-8-18)11-20(22)30-21(15)13-24(4)17(3)27/h5-11,15-16,21,26H,12-14H2,1-4H3/t15-,16-,21+/m1/s1. The second kappa shape index (κ2) is 9.33. The number of hydrogen-bond acceptors (Lipinski definition) is 6. The highest BCUT2D eigenvalue weighted by Gasteiger charge is 2.38. The van der Waals surface area contributed by atoms with Crippen molar-refractivity contribution in [2.24, 2.45) is 5.92 Å². The Morgan fingerprint density at radius 2 is 1.97 bits per heavy atom. The molecule has 0 aliphatic carbocycles. The van der Waals surface area contributed by atoms with Crippen LogP contribution in [0, 0.1) is 5.92 Å². The van der Waals surface area contributed by atoms with Gasteiger partial charge >= 0.3 is 0 Å². The summed E-state index contributed by atoms with van der Waals surface area (Å²) in [5, 5.41) is 9.70. The van der Waals surface area contributed by atoms with E-state index in [1.165, 1.54) is 11.2 Å². The molecule has 0 radical (unpaired) electrons. The van der Waals surface area contributed by atoms with Crippen LogP contribution in [0.25, 0.3) is 11.1 Å². The summed E-state index contributed by atoms with van der Waals surface area (Å²) in [5.41, 5.74) is 1.68. The van der Waals surface area contributed by atoms with Crippen LogP contribution >= 0.6 is 0 Å². The molecule has 0 saturated carbocycles. The lowest BCUT2D eigenvalue weighted by Crippen LogP contribution is -2.50. The first kappa shape index (κ1) is 23.2. The zero-order chi connectivity index (χ0) is 22.8. The minimum Gasteiger partial charge on any atom is -0.487 e. The smallest absolute Gasteiger partial charge is 0.247 e. The summed E-state index contributed by atoms with van der Waals surface area (Å²) >= 11 is 0. The van der Waals surface area contributed by atoms with Crippen molar-refractivity contribution in [1.82, 2.24) is 14.2 Å². The molecule has 1 aliphatic heterocycles. The summed E-state index contributed by atoms with van der Waals surface area (Å²) in [6.45, 7) is 5.24. The number of pyridine rings is 1. The van der Waals surface area contributed by atoms with E-state index >= 15 is 0 Å². The van der Waals surface area contributed by atoms with E-state index in [-0.39, 0.29) is 35.6 Å². The lowest BCUT2D eigenvalue weighted by molar-refractivity contribution is -0.129. The average Bonchev–Trinajstić information content (AvgIpc) is 2.75. The van der Waals surface area contributed by atoms with Crippen LogP contribution in [-0.2, 0) is 14.8 Å². The maximum Gasteiger partial charge on any atom is 0.247 e. The van der Waals surface area contributed by atoms with Crippen molar-refractivity contribution < 1.29 is 23.1 Å². The first-order chi connectivity index (χ1) is 14.6. The van der Waals surface area contributed by atoms with E-state index in [2.05, 4.69) is 4.98 Å². The van der Waals surface area contributed by atoms with Crippen molar-refractivity contribution in [3.05, 3.63) is 42.7 Å². The van der Waals surface area contributed by atoms with Crippen LogP contribution in [0.4, 0.5) is 0 Å². The van der Waals surface area contributed by atoms with E-state index < -0.39 is 22.2 Å². The van der Waals surface area contributed by atoms with E-state index in [1.54, 1.807) is 49.5 Å². The maximum absolute atomic E-state index is 13.5. The second-order valence-corrected chi connectivity index (χ2v) is 9.90. The molecule has 3 rings (SSSR count). The van der Waals surface area contributed by atoms with E-state index in [0.29, 0.717) is 6.54 Å². The number of nitrogens with zero attached hydrogens (tertiary/aromatic N) is 3. The normalized spacial score (nSPS) is 21.8. The highest BCUT2D eigenvalue weighted by molar-refractivity contribution is 7.89. The highest BCUT2D eigenvalue weighted by atomic mass is 32.2. The molecule has 2 aromatic rings. The van der Waals surface area contributed by atoms with Gasteiger partial charge in [0.25, 0.3) is 0 Å². The predicted molar refractivity (Wildman–Crippen MR) is 117 cm³/mol. The number of amides is 1. The molecule has 31 heavy (non-hydrogen) atoms. The lowest BCUT2D eigenvalue weighted by atomic mass is 10.0. The van der Waals surface area contributed by atoms with Crippen molar-refractivity contribution in [2.75, 3.05) is 26.7 Å². The number of aliphatic hydroxyl groups is 1. The number of sulfonamides is 1. The summed E-state index contributed by atoms with van der Waals surface area (Å²) in [6.07, 6.45) is 2.91. The quantitative estimate of drug-likeness (QED) is 0.753. The van der Waals surface area contributed by atoms with E-state index in [4.69, 9.17) is 4.74 Å². The Bertz CT molecular complexity index is 1030. The molecule has 2 heterocycles. The minimum absolute atomic E-state index is 0.0491. The average molecular weight is 448 g/mol. The fraction of sp³-hybridized carbons (Fsp3) is 0.455. The minimum atomic E-state index is -3.90. The van der Waals surface area contributed by atoms with Crippen LogP contribution in [-0.4, -0.2) is 72.5 Å². The SMILES string of the molecule is CC(=O)N(C)C[C@@H]1Oc2cc(-c3ccncc3)ccc2S(=O)(=O)N([C@H](C)CO)C[C@H]1C. The number of rotatable bonds is 5. The molecule has 0 bridgehead atoms. The number of carbonyl (C=O) groups is 1. The number of hydrogen-bond donors (Lipinski definition) is 1. The van der Waals surface area contributed by atoms with Gasteiger partial charge in [0.2, 0.25) is 15.9 Å². The van der Waals surface area contributed by atoms with Crippen LogP contribution in [0.2, 0.25) is 0 Å². The molecule has 0 unspecified atom stereocenters. The highest BCUT2D eigenvalue weighted by Crippen LogP contribution is 2.36. The molecule has 168 valence electrons. The molecule has 8 nitrogen and oxygen atoms in total. The molecule has 0 saturated heterocycles. The Morgan fingerprint density at radius 3 is 2.58 bits per heavy atom. The van der Waals surface area contributed by atoms with E-state index in [1.807, 2.05) is 19.1 Å². The molecule has 1 aliphatic rings. The van der Waals surface area contributed by atoms with Gasteiger partial charge in [-0.15, -0.1) is 0 Å². The summed E-state index contributed by atoms with van der Waals surface area (Å²) in [4.78, 5) is 17.4. The first-order valence-corrected chi connectivity index (χ1v) is 11.6. The van der Waals surface area contributed by atoms with Crippen molar-refractivity contribution in [3.8, 4) is 16.9 Å². The Labute approximate surface area is 183 Å². The molecule has 1 aromatic heterocycles. The maximum atomic E-state index is 13.5. The fourth-order valence-corrected chi connectivity index (χ4v) is 5.39. The van der Waals surface area contributed by atoms with Crippen LogP contribution < -0.4 is 4.74 Å². The Hall–Kier alpha value is -2.49. The van der Waals surface area contributed by atoms with Crippen LogP contribution in [0.3, 0.4) is 0 Å². The molecule has 0 fully saturated rings. The monoisotopic (exact) mass is 447 g/mol. The zero-order valence-electron chi connectivity index (χ0n) is 18.2. The predicted octanol–water partition coefficient (Wildman–Crippen LogP) is 2.00. The fourth-order valence-electron chi connectivity index (χ4n) is 3.57. The molecule has 3 atom stereocenters. The van der Waals surface area contributed by atoms with Gasteiger partial charge < -0.3 is 14.7 Å². The van der Waals surface area contributed by atoms with Crippen LogP contribution in [0.15, 0.2) is 47.6 Å². The molecule has 1 aromatic carbocycles. The zero-order valence-corrected chi connectivity index (χ0v) is 19.0. The molecule has 9 heteroatoms. The van der Waals surface area contributed by atoms with Crippen molar-refractivity contribution >= 4 is 15.9 Å². The number of fused-ring (bicyclic) bond motifs is 1. The van der Waals surface area contributed by atoms with Crippen LogP contribution in [0.1, 0.15) is 20.8 Å². The number of benzene rings is 1. The largest absolute Gasteiger partial charge is 0.487 e. The van der Waals surface area contributed by atoms with Gasteiger partial charge in [0.05, 0.1) is 13.2 Å². The molecule has 1 amide bonds. The van der Waals surface area contributed by atoms with Crippen molar-refractivity contribution in [3.63, 3.8) is 0 Å². The topological polar surface area (TPSA) is 100 Å². The Morgan fingerprint density at radius 1 is 1.29 bits per heavy atom. The van der Waals surface area contributed by atoms with Crippen molar-refractivity contribution in [2.45, 2.75) is 37.8 Å². The van der Waals surface area contributed by atoms with Gasteiger partial charge in [-0.2, -0.15) is 4.31 Å². The molecule has 1 N–H and O–H groups in total. The summed E-state index contributed by atoms with van der Waals surface area (Å²) < 4.78 is 34.5. The first-order valence-electron chi connectivity index (χ1n) is 10.2. The summed E-state index contributed by atoms with van der Waals surface area (Å²) in [7, 11) is -2.21. The lowest BCUT2D eigenvalue weighted by Gasteiger charge is -2.37. The number of ether oxygens (including phenoxy) is 1. The van der Waals surface area contributed by atoms with Gasteiger partial charge in [0, 0.05) is 44.9 Å². The third kappa shape index (κ3) is 4.89. The van der Waals surface area contributed by atoms with Gasteiger partial charge in [0.1, 0.15) is 16.7 Å². The molecular weight excluding hydrogens is 418 g/mol. The number of aliphatic hydroxyl groups excluding tert-OH is 1. The van der Waals surface area contributed by atoms with Crippen molar-refractivity contribution in [1.29, 1.82) is 0 Å². The van der Waals surface area contributed by atoms with Gasteiger partial charge in [-0.25, -0.2) is 8.42 Å². The Balaban J connectivity index is 2.13. The van der Waals surface area contributed by atoms with E-state index in [9.17, 15) is 18.3 Å². The third-order valence-corrected chi connectivity index (χ3v) is 7.69. The van der Waals surface area contributed by atoms with Gasteiger partial charge in [-0.05, 0) is 42.3 Å². The van der Waals surface area contributed by atoms with Gasteiger partial charge in [-0.3, -0.25) is 9.78 Å². The molecular formula is C22H29N3O5S. The summed E-state index contributed by atoms with van der Waals surface area (Å²) in [5.74, 6) is -0.0851. The van der Waals surface area contributed by atoms with E-state index in [0.717, 1.165) is 11.1 Å². The van der Waals surface area contributed by atoms with Gasteiger partial charge in [-0.1, -0.05) is 13.0 Å². The third-order valence-electron chi connectivity index (χ3n) is 5.67. The summed E-state index contributed by atoms with van der Waals surface area (Å²) in [6, 6.07) is 8.07.